The Bertz CT molecular complexity index is 553. The molecule has 0 radical (unpaired) electrons. The average molecular weight is 325 g/mol. The fourth-order valence-electron chi connectivity index (χ4n) is 3.04. The monoisotopic (exact) mass is 325 g/mol. The number of rotatable bonds is 10. The molecule has 1 N–H and O–H groups in total. The van der Waals surface area contributed by atoms with E-state index in [1.54, 1.807) is 0 Å². The van der Waals surface area contributed by atoms with Gasteiger partial charge in [-0.1, -0.05) is 87.9 Å². The van der Waals surface area contributed by atoms with Crippen molar-refractivity contribution >= 4 is 0 Å². The topological polar surface area (TPSA) is 21.3 Å². The Balaban J connectivity index is 1.99. The van der Waals surface area contributed by atoms with Crippen LogP contribution >= 0.6 is 0 Å². The van der Waals surface area contributed by atoms with Crippen molar-refractivity contribution in [3.63, 3.8) is 0 Å². The average Bonchev–Trinajstić information content (AvgIpc) is 2.59. The van der Waals surface area contributed by atoms with Crippen molar-refractivity contribution in [3.05, 3.63) is 71.8 Å². The predicted octanol–water partition coefficient (Wildman–Crippen LogP) is 5.71. The molecule has 130 valence electrons. The van der Waals surface area contributed by atoms with Crippen molar-refractivity contribution in [2.75, 3.05) is 0 Å². The van der Waals surface area contributed by atoms with Crippen LogP contribution in [0.5, 0.6) is 0 Å². The third kappa shape index (κ3) is 6.46. The number of benzene rings is 2. The summed E-state index contributed by atoms with van der Waals surface area (Å²) in [4.78, 5) is 6.15. The van der Waals surface area contributed by atoms with E-state index in [1.165, 1.54) is 11.1 Å². The Morgan fingerprint density at radius 3 is 2.12 bits per heavy atom. The fourth-order valence-corrected chi connectivity index (χ4v) is 3.04. The highest BCUT2D eigenvalue weighted by Crippen LogP contribution is 2.22. The van der Waals surface area contributed by atoms with Gasteiger partial charge in [0.15, 0.2) is 0 Å². The quantitative estimate of drug-likeness (QED) is 0.565. The molecule has 2 nitrogen and oxygen atoms in total. The van der Waals surface area contributed by atoms with Crippen LogP contribution in [0.1, 0.15) is 57.3 Å². The molecule has 0 heterocycles. The molecular formula is C22H31NO. The largest absolute Gasteiger partial charge is 0.293 e. The van der Waals surface area contributed by atoms with Gasteiger partial charge >= 0.3 is 0 Å². The van der Waals surface area contributed by atoms with Crippen molar-refractivity contribution < 1.29 is 4.84 Å². The molecule has 0 unspecified atom stereocenters. The van der Waals surface area contributed by atoms with E-state index in [-0.39, 0.29) is 6.10 Å². The summed E-state index contributed by atoms with van der Waals surface area (Å²) in [5.74, 6) is 0.635. The Morgan fingerprint density at radius 1 is 0.917 bits per heavy atom. The smallest absolute Gasteiger partial charge is 0.104 e. The van der Waals surface area contributed by atoms with E-state index in [1.807, 2.05) is 0 Å². The van der Waals surface area contributed by atoms with E-state index in [0.717, 1.165) is 25.7 Å². The minimum atomic E-state index is 0.113. The molecule has 2 aromatic carbocycles. The molecule has 2 heteroatoms. The highest BCUT2D eigenvalue weighted by atomic mass is 16.7. The Labute approximate surface area is 147 Å². The Hall–Kier alpha value is -1.64. The zero-order valence-electron chi connectivity index (χ0n) is 15.2. The van der Waals surface area contributed by atoms with E-state index in [0.29, 0.717) is 12.0 Å². The van der Waals surface area contributed by atoms with Crippen molar-refractivity contribution in [2.24, 2.45) is 5.92 Å². The van der Waals surface area contributed by atoms with Crippen LogP contribution in [-0.4, -0.2) is 6.04 Å². The van der Waals surface area contributed by atoms with Gasteiger partial charge in [-0.15, -0.1) is 0 Å². The van der Waals surface area contributed by atoms with Gasteiger partial charge in [0.25, 0.3) is 0 Å². The van der Waals surface area contributed by atoms with Crippen LogP contribution in [-0.2, 0) is 11.3 Å². The predicted molar refractivity (Wildman–Crippen MR) is 102 cm³/mol. The van der Waals surface area contributed by atoms with Gasteiger partial charge in [-0.2, -0.15) is 5.48 Å². The van der Waals surface area contributed by atoms with Gasteiger partial charge in [0, 0.05) is 6.04 Å². The van der Waals surface area contributed by atoms with E-state index >= 15 is 0 Å². The molecule has 0 aliphatic rings. The van der Waals surface area contributed by atoms with Crippen molar-refractivity contribution in [3.8, 4) is 0 Å². The van der Waals surface area contributed by atoms with E-state index in [9.17, 15) is 0 Å². The number of hydroxylamine groups is 1. The van der Waals surface area contributed by atoms with Crippen LogP contribution in [0, 0.1) is 5.92 Å². The summed E-state index contributed by atoms with van der Waals surface area (Å²) in [6.07, 6.45) is 4.34. The number of nitrogens with one attached hydrogen (secondary N) is 1. The Morgan fingerprint density at radius 2 is 1.54 bits per heavy atom. The van der Waals surface area contributed by atoms with E-state index in [4.69, 9.17) is 4.84 Å². The molecule has 2 atom stereocenters. The van der Waals surface area contributed by atoms with Gasteiger partial charge in [-0.05, 0) is 36.3 Å². The van der Waals surface area contributed by atoms with E-state index in [2.05, 4.69) is 86.9 Å². The van der Waals surface area contributed by atoms with Crippen molar-refractivity contribution in [1.29, 1.82) is 0 Å². The first-order valence-corrected chi connectivity index (χ1v) is 9.19. The normalized spacial score (nSPS) is 13.8. The molecule has 0 spiro atoms. The van der Waals surface area contributed by atoms with Gasteiger partial charge in [-0.3, -0.25) is 4.84 Å². The fraction of sp³-hybridized carbons (Fsp3) is 0.455. The molecule has 0 saturated carbocycles. The van der Waals surface area contributed by atoms with Gasteiger partial charge in [0.2, 0.25) is 0 Å². The summed E-state index contributed by atoms with van der Waals surface area (Å²) >= 11 is 0. The SMILES string of the molecule is CCC[C@H](ON[C@H](Cc1ccccc1)CC(C)C)c1ccccc1. The highest BCUT2D eigenvalue weighted by molar-refractivity contribution is 5.18. The van der Waals surface area contributed by atoms with Gasteiger partial charge < -0.3 is 0 Å². The van der Waals surface area contributed by atoms with Crippen LogP contribution in [0.15, 0.2) is 60.7 Å². The maximum Gasteiger partial charge on any atom is 0.104 e. The molecule has 24 heavy (non-hydrogen) atoms. The lowest BCUT2D eigenvalue weighted by Crippen LogP contribution is -2.34. The second-order valence-corrected chi connectivity index (χ2v) is 6.94. The van der Waals surface area contributed by atoms with E-state index < -0.39 is 0 Å². The first kappa shape index (κ1) is 18.7. The van der Waals surface area contributed by atoms with Gasteiger partial charge in [0.05, 0.1) is 0 Å². The molecule has 0 aromatic heterocycles. The van der Waals surface area contributed by atoms with Gasteiger partial charge in [0.1, 0.15) is 6.10 Å². The molecular weight excluding hydrogens is 294 g/mol. The summed E-state index contributed by atoms with van der Waals surface area (Å²) in [5, 5.41) is 0. The maximum absolute atomic E-state index is 6.15. The van der Waals surface area contributed by atoms with Crippen LogP contribution in [0.2, 0.25) is 0 Å². The molecule has 0 saturated heterocycles. The standard InChI is InChI=1S/C22H31NO/c1-4-11-22(20-14-9-6-10-15-20)24-23-21(16-18(2)3)17-19-12-7-5-8-13-19/h5-10,12-15,18,21-23H,4,11,16-17H2,1-3H3/t21-,22-/m0/s1. The summed E-state index contributed by atoms with van der Waals surface area (Å²) in [6.45, 7) is 6.73. The lowest BCUT2D eigenvalue weighted by Gasteiger charge is -2.25. The first-order chi connectivity index (χ1) is 11.7. The highest BCUT2D eigenvalue weighted by Gasteiger charge is 2.16. The molecule has 0 fully saturated rings. The minimum absolute atomic E-state index is 0.113. The molecule has 2 aromatic rings. The zero-order valence-corrected chi connectivity index (χ0v) is 15.2. The molecule has 0 aliphatic carbocycles. The second-order valence-electron chi connectivity index (χ2n) is 6.94. The summed E-state index contributed by atoms with van der Waals surface area (Å²) in [5.41, 5.74) is 5.98. The Kier molecular flexibility index (Phi) is 8.00. The lowest BCUT2D eigenvalue weighted by atomic mass is 9.98. The van der Waals surface area contributed by atoms with Crippen LogP contribution in [0.25, 0.3) is 0 Å². The summed E-state index contributed by atoms with van der Waals surface area (Å²) in [6, 6.07) is 21.5. The van der Waals surface area contributed by atoms with Crippen LogP contribution in [0.4, 0.5) is 0 Å². The molecule has 2 rings (SSSR count). The first-order valence-electron chi connectivity index (χ1n) is 9.19. The minimum Gasteiger partial charge on any atom is -0.293 e. The number of hydrogen-bond acceptors (Lipinski definition) is 2. The molecule has 0 bridgehead atoms. The van der Waals surface area contributed by atoms with Crippen molar-refractivity contribution in [1.82, 2.24) is 5.48 Å². The van der Waals surface area contributed by atoms with Gasteiger partial charge in [-0.25, -0.2) is 0 Å². The second kappa shape index (κ2) is 10.3. The maximum atomic E-state index is 6.15. The van der Waals surface area contributed by atoms with Crippen LogP contribution < -0.4 is 5.48 Å². The zero-order chi connectivity index (χ0) is 17.2. The van der Waals surface area contributed by atoms with Crippen LogP contribution in [0.3, 0.4) is 0 Å². The third-order valence-electron chi connectivity index (χ3n) is 4.18. The lowest BCUT2D eigenvalue weighted by molar-refractivity contribution is -0.0529. The molecule has 0 amide bonds. The van der Waals surface area contributed by atoms with Crippen molar-refractivity contribution in [2.45, 2.75) is 58.6 Å². The summed E-state index contributed by atoms with van der Waals surface area (Å²) < 4.78 is 0. The summed E-state index contributed by atoms with van der Waals surface area (Å²) in [7, 11) is 0. The number of hydrogen-bond donors (Lipinski definition) is 1. The molecule has 0 aliphatic heterocycles. The third-order valence-corrected chi connectivity index (χ3v) is 4.18.